The molecule has 0 aliphatic heterocycles. The summed E-state index contributed by atoms with van der Waals surface area (Å²) >= 11 is -1.31. The maximum absolute atomic E-state index is 8.78. The molecule has 66 valence electrons. The second-order valence-corrected chi connectivity index (χ2v) is 2.05. The van der Waals surface area contributed by atoms with Crippen LogP contribution in [0.4, 0.5) is 0 Å². The van der Waals surface area contributed by atoms with Gasteiger partial charge in [0.05, 0.1) is 0 Å². The normalized spacial score (nSPS) is 10.5. The van der Waals surface area contributed by atoms with Crippen molar-refractivity contribution < 1.29 is 18.1 Å². The molecule has 9 heteroatoms. The third-order valence-corrected chi connectivity index (χ3v) is 0.512. The first-order valence-electron chi connectivity index (χ1n) is 1.93. The summed E-state index contributed by atoms with van der Waals surface area (Å²) in [7, 11) is 0. The van der Waals surface area contributed by atoms with E-state index in [0.29, 0.717) is 5.75 Å². The molecule has 0 bridgehead atoms. The molecule has 0 amide bonds. The van der Waals surface area contributed by atoms with Crippen LogP contribution in [0.15, 0.2) is 0 Å². The molecule has 4 N–H and O–H groups in total. The second-order valence-electron chi connectivity index (χ2n) is 0.747. The van der Waals surface area contributed by atoms with E-state index in [1.807, 2.05) is 0 Å². The fourth-order valence-electron chi connectivity index (χ4n) is 0.0618. The van der Waals surface area contributed by atoms with E-state index in [-0.39, 0.29) is 0 Å². The largest absolute Gasteiger partial charge is 0.760 e. The molecule has 0 heterocycles. The summed E-state index contributed by atoms with van der Waals surface area (Å²) in [5.41, 5.74) is 0. The molecule has 0 aromatic heterocycles. The van der Waals surface area contributed by atoms with E-state index >= 15 is 0 Å². The van der Waals surface area contributed by atoms with Gasteiger partial charge in [-0.2, -0.15) is 5.90 Å². The van der Waals surface area contributed by atoms with Crippen molar-refractivity contribution in [3.63, 3.8) is 0 Å². The van der Waals surface area contributed by atoms with Crippen molar-refractivity contribution in [3.8, 4) is 0 Å². The van der Waals surface area contributed by atoms with Gasteiger partial charge in [-0.3, -0.25) is 9.35 Å². The Morgan fingerprint density at radius 3 is 2.18 bits per heavy atom. The van der Waals surface area contributed by atoms with Gasteiger partial charge < -0.3 is 11.5 Å². The van der Waals surface area contributed by atoms with Gasteiger partial charge in [0.15, 0.2) is 0 Å². The van der Waals surface area contributed by atoms with Crippen LogP contribution in [0.3, 0.4) is 0 Å². The van der Waals surface area contributed by atoms with Crippen LogP contribution in [-0.2, 0) is 20.6 Å². The van der Waals surface area contributed by atoms with Crippen molar-refractivity contribution in [2.24, 2.45) is 11.0 Å². The Labute approximate surface area is 65.7 Å². The fourth-order valence-corrected chi connectivity index (χ4v) is 0.185. The maximum atomic E-state index is 8.78. The van der Waals surface area contributed by atoms with E-state index in [1.54, 1.807) is 0 Å². The van der Waals surface area contributed by atoms with E-state index in [4.69, 9.17) is 8.76 Å². The van der Waals surface area contributed by atoms with Crippen LogP contribution >= 0.6 is 12.0 Å². The SMILES string of the molecule is NS(=O)[O-].[CH2-]CSOON.[Rf]. The third kappa shape index (κ3) is 93.7. The zero-order valence-corrected chi connectivity index (χ0v) is 13.8. The van der Waals surface area contributed by atoms with Gasteiger partial charge in [0.2, 0.25) is 0 Å². The van der Waals surface area contributed by atoms with Gasteiger partial charge in [0, 0.05) is 23.3 Å². The Kier molecular flexibility index (Phi) is 24.5. The fraction of sp³-hybridized carbons (Fsp3) is 0.500. The number of rotatable bonds is 3. The third-order valence-electron chi connectivity index (χ3n) is 0.171. The van der Waals surface area contributed by atoms with Crippen LogP contribution in [0.1, 0.15) is 0 Å². The molecule has 0 aliphatic carbocycles. The van der Waals surface area contributed by atoms with Crippen LogP contribution in [-0.4, -0.2) is 14.5 Å². The summed E-state index contributed by atoms with van der Waals surface area (Å²) < 4.78 is 21.7. The van der Waals surface area contributed by atoms with Crippen LogP contribution in [0, 0.1) is 6.92 Å². The van der Waals surface area contributed by atoms with Crippen molar-refractivity contribution in [3.05, 3.63) is 6.92 Å². The Bertz CT molecular complexity index is 78.5. The van der Waals surface area contributed by atoms with E-state index < -0.39 is 11.3 Å². The molecule has 0 saturated carbocycles. The molecule has 0 saturated heterocycles. The van der Waals surface area contributed by atoms with Crippen molar-refractivity contribution in [1.29, 1.82) is 0 Å². The van der Waals surface area contributed by atoms with E-state index in [9.17, 15) is 0 Å². The van der Waals surface area contributed by atoms with E-state index in [0.717, 1.165) is 12.0 Å². The molecule has 0 aliphatic rings. The summed E-state index contributed by atoms with van der Waals surface area (Å²) in [5, 5.41) is 4.03. The predicted molar refractivity (Wildman–Crippen MR) is 37.3 cm³/mol. The molecule has 0 fully saturated rings. The van der Waals surface area contributed by atoms with Crippen LogP contribution in [0.5, 0.6) is 0 Å². The Morgan fingerprint density at radius 2 is 2.09 bits per heavy atom. The van der Waals surface area contributed by atoms with Crippen molar-refractivity contribution in [1.82, 2.24) is 0 Å². The van der Waals surface area contributed by atoms with Gasteiger partial charge in [0.1, 0.15) is 0 Å². The van der Waals surface area contributed by atoms with Crippen LogP contribution in [0.25, 0.3) is 0 Å². The zero-order chi connectivity index (χ0) is 8.41. The molecule has 0 aromatic rings. The zero-order valence-electron chi connectivity index (χ0n) is 5.73. The minimum Gasteiger partial charge on any atom is -0.760 e. The van der Waals surface area contributed by atoms with Gasteiger partial charge in [-0.05, 0) is 0 Å². The van der Waals surface area contributed by atoms with Crippen molar-refractivity contribution in [2.75, 3.05) is 5.75 Å². The molecule has 0 spiro atoms. The van der Waals surface area contributed by atoms with Gasteiger partial charge in [-0.15, -0.1) is 15.1 Å². The molecule has 1 unspecified atom stereocenters. The minimum absolute atomic E-state index is 0. The quantitative estimate of drug-likeness (QED) is 0.142. The first-order chi connectivity index (χ1) is 4.65. The summed E-state index contributed by atoms with van der Waals surface area (Å²) in [6, 6.07) is 0. The van der Waals surface area contributed by atoms with E-state index in [1.165, 1.54) is 0 Å². The number of nitrogens with two attached hydrogens (primary N) is 2. The number of hydrogen-bond acceptors (Lipinski definition) is 6. The minimum atomic E-state index is -2.36. The summed E-state index contributed by atoms with van der Waals surface area (Å²) in [6.45, 7) is 3.43. The predicted octanol–water partition coefficient (Wildman–Crippen LogP) is -0.970. The average molecular weight is 455 g/mol. The maximum Gasteiger partial charge on any atom is 0.0152 e. The molecule has 0 aromatic carbocycles. The Morgan fingerprint density at radius 1 is 1.73 bits per heavy atom. The number of hydrogen-bond donors (Lipinski definition) is 2. The van der Waals surface area contributed by atoms with Gasteiger partial charge in [-0.25, -0.2) is 0 Å². The summed E-state index contributed by atoms with van der Waals surface area (Å²) in [6.07, 6.45) is 0. The van der Waals surface area contributed by atoms with E-state index in [2.05, 4.69) is 27.3 Å². The topological polar surface area (TPSA) is 111 Å². The average Bonchev–Trinajstić information content (AvgIpc) is 1.82. The van der Waals surface area contributed by atoms with Crippen LogP contribution < -0.4 is 11.0 Å². The first kappa shape index (κ1) is 16.7. The standard InChI is InChI=1S/C2H6NO2S.H3NO2S.Rf/c1-2-6-5-4-3;1-4(2)3;/h1-3H2;1H2,(H,2,3);/q-1;;/p-1. The molecule has 0 radical (unpaired) electrons. The van der Waals surface area contributed by atoms with Crippen LogP contribution in [0.2, 0.25) is 0 Å². The van der Waals surface area contributed by atoms with Crippen molar-refractivity contribution in [2.45, 2.75) is 0 Å². The Hall–Kier alpha value is -0.700. The van der Waals surface area contributed by atoms with Gasteiger partial charge in [-0.1, -0.05) is 0 Å². The molecule has 6 nitrogen and oxygen atoms in total. The molecular weight excluding hydrogens is 447 g/mol. The van der Waals surface area contributed by atoms with Gasteiger partial charge in [0.25, 0.3) is 0 Å². The smallest absolute Gasteiger partial charge is 0.0152 e. The molecule has 11 heavy (non-hydrogen) atoms. The first-order valence-corrected chi connectivity index (χ1v) is 3.98. The second kappa shape index (κ2) is 16.1. The molecule has 0 rings (SSSR count). The molecular formula is C2H8N2O4RfS2-2. The van der Waals surface area contributed by atoms with Crippen molar-refractivity contribution >= 4 is 23.3 Å². The van der Waals surface area contributed by atoms with Gasteiger partial charge >= 0.3 is 0 Å². The monoisotopic (exact) mass is 455 g/mol. The molecule has 1 atom stereocenters. The summed E-state index contributed by atoms with van der Waals surface area (Å²) in [5.74, 6) is 5.04. The Balaban J connectivity index is -0.000000114. The summed E-state index contributed by atoms with van der Waals surface area (Å²) in [4.78, 5) is 3.71.